The van der Waals surface area contributed by atoms with Crippen molar-refractivity contribution in [3.63, 3.8) is 0 Å². The maximum atomic E-state index is 12.6. The topological polar surface area (TPSA) is 40.5 Å². The smallest absolute Gasteiger partial charge is 0.418 e. The van der Waals surface area contributed by atoms with E-state index in [0.717, 1.165) is 41.8 Å². The number of hydrogen-bond donors (Lipinski definition) is 0. The number of carbonyl (C=O) groups excluding carboxylic acids is 1. The van der Waals surface area contributed by atoms with E-state index in [9.17, 15) is 4.79 Å². The minimum Gasteiger partial charge on any atom is -0.497 e. The molecule has 0 atom stereocenters. The van der Waals surface area contributed by atoms with Crippen molar-refractivity contribution in [3.8, 4) is 17.0 Å². The van der Waals surface area contributed by atoms with Crippen molar-refractivity contribution in [1.29, 1.82) is 0 Å². The van der Waals surface area contributed by atoms with Crippen LogP contribution in [0.4, 0.5) is 4.79 Å². The molecule has 0 saturated carbocycles. The molecule has 1 heterocycles. The summed E-state index contributed by atoms with van der Waals surface area (Å²) < 4.78 is 12.4. The van der Waals surface area contributed by atoms with Gasteiger partial charge in [0.2, 0.25) is 0 Å². The molecule has 0 saturated heterocycles. The third-order valence-corrected chi connectivity index (χ3v) is 3.67. The van der Waals surface area contributed by atoms with Gasteiger partial charge in [0, 0.05) is 6.20 Å². The molecule has 2 aromatic rings. The van der Waals surface area contributed by atoms with Gasteiger partial charge >= 0.3 is 6.09 Å². The summed E-state index contributed by atoms with van der Waals surface area (Å²) in [6.45, 7) is 7.79. The second kappa shape index (κ2) is 7.56. The van der Waals surface area contributed by atoms with Gasteiger partial charge in [-0.1, -0.05) is 13.3 Å². The van der Waals surface area contributed by atoms with Crippen LogP contribution in [-0.2, 0) is 11.2 Å². The molecule has 0 radical (unpaired) electrons. The fraction of sp³-hybridized carbons (Fsp3) is 0.450. The average Bonchev–Trinajstić information content (AvgIpc) is 2.96. The number of methoxy groups -OCH3 is 1. The van der Waals surface area contributed by atoms with Gasteiger partial charge in [-0.3, -0.25) is 4.57 Å². The quantitative estimate of drug-likeness (QED) is 0.748. The number of benzene rings is 1. The summed E-state index contributed by atoms with van der Waals surface area (Å²) in [4.78, 5) is 12.6. The first-order chi connectivity index (χ1) is 11.3. The lowest BCUT2D eigenvalue weighted by Gasteiger charge is -2.20. The van der Waals surface area contributed by atoms with E-state index in [1.54, 1.807) is 11.7 Å². The SMILES string of the molecule is CCCCc1cc(-c2ccc(OC)cc2)n(C(=O)OC(C)(C)C)c1. The highest BCUT2D eigenvalue weighted by atomic mass is 16.6. The zero-order valence-electron chi connectivity index (χ0n) is 15.3. The molecular weight excluding hydrogens is 302 g/mol. The Morgan fingerprint density at radius 2 is 1.83 bits per heavy atom. The molecule has 0 aliphatic rings. The van der Waals surface area contributed by atoms with Crippen LogP contribution in [0, 0.1) is 0 Å². The molecule has 1 aromatic heterocycles. The van der Waals surface area contributed by atoms with Gasteiger partial charge < -0.3 is 9.47 Å². The average molecular weight is 329 g/mol. The molecule has 24 heavy (non-hydrogen) atoms. The first-order valence-electron chi connectivity index (χ1n) is 8.43. The summed E-state index contributed by atoms with van der Waals surface area (Å²) in [6, 6.07) is 9.78. The Morgan fingerprint density at radius 3 is 2.38 bits per heavy atom. The molecule has 0 spiro atoms. The van der Waals surface area contributed by atoms with Crippen molar-refractivity contribution in [2.24, 2.45) is 0 Å². The second-order valence-corrected chi connectivity index (χ2v) is 6.92. The van der Waals surface area contributed by atoms with E-state index in [0.29, 0.717) is 0 Å². The monoisotopic (exact) mass is 329 g/mol. The van der Waals surface area contributed by atoms with Crippen molar-refractivity contribution in [3.05, 3.63) is 42.1 Å². The normalized spacial score (nSPS) is 11.4. The molecule has 0 aliphatic carbocycles. The predicted molar refractivity (Wildman–Crippen MR) is 96.7 cm³/mol. The summed E-state index contributed by atoms with van der Waals surface area (Å²) in [5.41, 5.74) is 2.43. The molecule has 4 heteroatoms. The molecule has 0 fully saturated rings. The van der Waals surface area contributed by atoms with Gasteiger partial charge in [0.05, 0.1) is 12.8 Å². The lowest BCUT2D eigenvalue weighted by Crippen LogP contribution is -2.27. The van der Waals surface area contributed by atoms with Crippen LogP contribution in [0.5, 0.6) is 5.75 Å². The summed E-state index contributed by atoms with van der Waals surface area (Å²) in [6.07, 6.45) is 4.71. The Hall–Kier alpha value is -2.23. The van der Waals surface area contributed by atoms with E-state index in [4.69, 9.17) is 9.47 Å². The van der Waals surface area contributed by atoms with E-state index in [2.05, 4.69) is 13.0 Å². The second-order valence-electron chi connectivity index (χ2n) is 6.92. The van der Waals surface area contributed by atoms with Crippen molar-refractivity contribution in [1.82, 2.24) is 4.57 Å². The fourth-order valence-corrected chi connectivity index (χ4v) is 2.48. The first kappa shape index (κ1) is 18.1. The Kier molecular flexibility index (Phi) is 5.71. The summed E-state index contributed by atoms with van der Waals surface area (Å²) in [5, 5.41) is 0. The Labute approximate surface area is 144 Å². The van der Waals surface area contributed by atoms with Gasteiger partial charge in [-0.05, 0) is 75.1 Å². The molecule has 2 rings (SSSR count). The van der Waals surface area contributed by atoms with Crippen molar-refractivity contribution < 1.29 is 14.3 Å². The summed E-state index contributed by atoms with van der Waals surface area (Å²) >= 11 is 0. The molecule has 4 nitrogen and oxygen atoms in total. The highest BCUT2D eigenvalue weighted by Crippen LogP contribution is 2.26. The van der Waals surface area contributed by atoms with Gasteiger partial charge in [0.1, 0.15) is 11.4 Å². The Bertz CT molecular complexity index is 678. The highest BCUT2D eigenvalue weighted by Gasteiger charge is 2.21. The van der Waals surface area contributed by atoms with Crippen LogP contribution in [0.1, 0.15) is 46.1 Å². The molecule has 1 aromatic carbocycles. The van der Waals surface area contributed by atoms with E-state index in [1.807, 2.05) is 51.2 Å². The minimum atomic E-state index is -0.526. The number of rotatable bonds is 5. The highest BCUT2D eigenvalue weighted by molar-refractivity contribution is 5.79. The van der Waals surface area contributed by atoms with Gasteiger partial charge in [-0.15, -0.1) is 0 Å². The van der Waals surface area contributed by atoms with Crippen LogP contribution >= 0.6 is 0 Å². The number of unbranched alkanes of at least 4 members (excludes halogenated alkanes) is 1. The fourth-order valence-electron chi connectivity index (χ4n) is 2.48. The van der Waals surface area contributed by atoms with E-state index in [-0.39, 0.29) is 6.09 Å². The third kappa shape index (κ3) is 4.63. The van der Waals surface area contributed by atoms with E-state index >= 15 is 0 Å². The van der Waals surface area contributed by atoms with Crippen LogP contribution in [0.25, 0.3) is 11.3 Å². The van der Waals surface area contributed by atoms with Crippen molar-refractivity contribution in [2.45, 2.75) is 52.6 Å². The van der Waals surface area contributed by atoms with Crippen molar-refractivity contribution in [2.75, 3.05) is 7.11 Å². The van der Waals surface area contributed by atoms with Gasteiger partial charge in [-0.25, -0.2) is 4.79 Å². The molecular formula is C20H27NO3. The number of nitrogens with zero attached hydrogens (tertiary/aromatic N) is 1. The number of hydrogen-bond acceptors (Lipinski definition) is 3. The van der Waals surface area contributed by atoms with Crippen LogP contribution in [0.2, 0.25) is 0 Å². The van der Waals surface area contributed by atoms with Crippen LogP contribution in [0.15, 0.2) is 36.5 Å². The number of aryl methyl sites for hydroxylation is 1. The lowest BCUT2D eigenvalue weighted by atomic mass is 10.1. The standard InChI is InChI=1S/C20H27NO3/c1-6-7-8-15-13-18(16-9-11-17(23-5)12-10-16)21(14-15)19(22)24-20(2,3)4/h9-14H,6-8H2,1-5H3. The third-order valence-electron chi connectivity index (χ3n) is 3.67. The van der Waals surface area contributed by atoms with E-state index in [1.165, 1.54) is 0 Å². The van der Waals surface area contributed by atoms with Gasteiger partial charge in [-0.2, -0.15) is 0 Å². The zero-order valence-corrected chi connectivity index (χ0v) is 15.3. The van der Waals surface area contributed by atoms with E-state index < -0.39 is 5.60 Å². The maximum Gasteiger partial charge on any atom is 0.418 e. The van der Waals surface area contributed by atoms with Crippen molar-refractivity contribution >= 4 is 6.09 Å². The first-order valence-corrected chi connectivity index (χ1v) is 8.43. The molecule has 0 amide bonds. The summed E-state index contributed by atoms with van der Waals surface area (Å²) in [7, 11) is 1.64. The zero-order chi connectivity index (χ0) is 17.7. The predicted octanol–water partition coefficient (Wildman–Crippen LogP) is 5.29. The van der Waals surface area contributed by atoms with Crippen LogP contribution in [0.3, 0.4) is 0 Å². The largest absolute Gasteiger partial charge is 0.497 e. The number of carbonyl (C=O) groups is 1. The van der Waals surface area contributed by atoms with Gasteiger partial charge in [0.25, 0.3) is 0 Å². The molecule has 0 unspecified atom stereocenters. The van der Waals surface area contributed by atoms with Crippen LogP contribution < -0.4 is 4.74 Å². The number of aromatic nitrogens is 1. The van der Waals surface area contributed by atoms with Gasteiger partial charge in [0.15, 0.2) is 0 Å². The van der Waals surface area contributed by atoms with Crippen LogP contribution in [-0.4, -0.2) is 23.4 Å². The summed E-state index contributed by atoms with van der Waals surface area (Å²) in [5.74, 6) is 0.792. The Balaban J connectivity index is 2.39. The number of ether oxygens (including phenoxy) is 2. The molecule has 0 N–H and O–H groups in total. The maximum absolute atomic E-state index is 12.6. The molecule has 0 bridgehead atoms. The lowest BCUT2D eigenvalue weighted by molar-refractivity contribution is 0.0540. The Morgan fingerprint density at radius 1 is 1.17 bits per heavy atom. The molecule has 0 aliphatic heterocycles. The minimum absolute atomic E-state index is 0.351. The molecule has 130 valence electrons.